The van der Waals surface area contributed by atoms with E-state index in [1.807, 2.05) is 10.9 Å². The Hall–Kier alpha value is -3.80. The highest BCUT2D eigenvalue weighted by Crippen LogP contribution is 2.27. The molecular weight excluding hydrogens is 406 g/mol. The van der Waals surface area contributed by atoms with E-state index in [1.54, 1.807) is 6.20 Å². The molecule has 3 aromatic heterocycles. The van der Waals surface area contributed by atoms with Crippen LogP contribution in [-0.2, 0) is 0 Å². The summed E-state index contributed by atoms with van der Waals surface area (Å²) in [6, 6.07) is 4.00. The highest BCUT2D eigenvalue weighted by atomic mass is 19.2. The summed E-state index contributed by atoms with van der Waals surface area (Å²) < 4.78 is 31.0. The summed E-state index contributed by atoms with van der Waals surface area (Å²) in [6.07, 6.45) is 7.26. The van der Waals surface area contributed by atoms with Crippen LogP contribution in [0.2, 0.25) is 0 Å². The van der Waals surface area contributed by atoms with Crippen LogP contribution in [0.25, 0.3) is 28.5 Å². The van der Waals surface area contributed by atoms with Gasteiger partial charge >= 0.3 is 0 Å². The monoisotopic (exact) mass is 424 g/mol. The number of nitrogen functional groups attached to an aromatic ring is 1. The second kappa shape index (κ2) is 7.80. The zero-order valence-corrected chi connectivity index (χ0v) is 16.3. The number of nitrogens with one attached hydrogen (secondary N) is 1. The normalized spacial score (nSPS) is 16.5. The van der Waals surface area contributed by atoms with E-state index >= 15 is 0 Å². The number of halogens is 2. The molecule has 1 atom stereocenters. The fraction of sp³-hybridized carbons (Fsp3) is 0.263. The van der Waals surface area contributed by atoms with E-state index in [4.69, 9.17) is 5.73 Å². The number of nitrogens with zero attached hydrogens (tertiary/aromatic N) is 8. The first-order valence-electron chi connectivity index (χ1n) is 9.72. The van der Waals surface area contributed by atoms with Gasteiger partial charge in [0.1, 0.15) is 5.69 Å². The van der Waals surface area contributed by atoms with Crippen LogP contribution < -0.4 is 11.1 Å². The molecule has 1 aromatic carbocycles. The Bertz CT molecular complexity index is 1230. The maximum atomic E-state index is 14.3. The van der Waals surface area contributed by atoms with E-state index in [2.05, 4.69) is 35.9 Å². The maximum absolute atomic E-state index is 14.3. The molecule has 0 radical (unpaired) electrons. The minimum atomic E-state index is -1.08. The van der Waals surface area contributed by atoms with Crippen molar-refractivity contribution in [3.63, 3.8) is 0 Å². The Kier molecular flexibility index (Phi) is 4.82. The minimum absolute atomic E-state index is 0.0419. The summed E-state index contributed by atoms with van der Waals surface area (Å²) in [5.74, 6) is -2.00. The fourth-order valence-corrected chi connectivity index (χ4v) is 3.58. The third kappa shape index (κ3) is 3.50. The van der Waals surface area contributed by atoms with E-state index in [9.17, 15) is 8.78 Å². The number of hydrogen-bond acceptors (Lipinski definition) is 8. The molecule has 1 fully saturated rings. The van der Waals surface area contributed by atoms with Crippen LogP contribution in [0.1, 0.15) is 18.9 Å². The van der Waals surface area contributed by atoms with Crippen molar-refractivity contribution in [1.29, 1.82) is 0 Å². The third-order valence-corrected chi connectivity index (χ3v) is 5.18. The van der Waals surface area contributed by atoms with Crippen LogP contribution in [-0.4, -0.2) is 53.0 Å². The van der Waals surface area contributed by atoms with Crippen LogP contribution in [0.4, 0.5) is 14.6 Å². The molecule has 31 heavy (non-hydrogen) atoms. The first-order chi connectivity index (χ1) is 15.1. The molecule has 12 heteroatoms. The molecule has 0 saturated carbocycles. The lowest BCUT2D eigenvalue weighted by atomic mass is 10.1. The lowest BCUT2D eigenvalue weighted by Crippen LogP contribution is -2.31. The molecule has 0 bridgehead atoms. The average Bonchev–Trinajstić information content (AvgIpc) is 3.47. The van der Waals surface area contributed by atoms with Crippen LogP contribution >= 0.6 is 0 Å². The van der Waals surface area contributed by atoms with Gasteiger partial charge in [-0.3, -0.25) is 4.68 Å². The van der Waals surface area contributed by atoms with Gasteiger partial charge in [0.25, 0.3) is 0 Å². The molecule has 5 rings (SSSR count). The molecule has 10 nitrogen and oxygen atoms in total. The number of tetrazole rings is 1. The summed E-state index contributed by atoms with van der Waals surface area (Å²) in [6.45, 7) is 1.87. The number of piperidine rings is 1. The number of nitrogens with two attached hydrogens (primary N) is 1. The molecular formula is C19H18F2N10. The van der Waals surface area contributed by atoms with Crippen molar-refractivity contribution in [1.82, 2.24) is 45.3 Å². The van der Waals surface area contributed by atoms with Crippen molar-refractivity contribution >= 4 is 5.82 Å². The summed E-state index contributed by atoms with van der Waals surface area (Å²) in [7, 11) is 0. The second-order valence-electron chi connectivity index (χ2n) is 7.19. The lowest BCUT2D eigenvalue weighted by Gasteiger charge is -2.22. The number of benzene rings is 1. The molecule has 0 aliphatic carbocycles. The molecule has 3 N–H and O–H groups in total. The predicted octanol–water partition coefficient (Wildman–Crippen LogP) is 1.77. The van der Waals surface area contributed by atoms with Gasteiger partial charge in [-0.05, 0) is 41.9 Å². The highest BCUT2D eigenvalue weighted by Gasteiger charge is 2.21. The molecule has 1 saturated heterocycles. The number of hydrogen-bond donors (Lipinski definition) is 2. The zero-order valence-electron chi connectivity index (χ0n) is 16.3. The number of anilines is 1. The lowest BCUT2D eigenvalue weighted by molar-refractivity contribution is 0.347. The van der Waals surface area contributed by atoms with Gasteiger partial charge in [-0.2, -0.15) is 9.78 Å². The van der Waals surface area contributed by atoms with Gasteiger partial charge in [0.2, 0.25) is 5.82 Å². The number of aromatic nitrogens is 8. The van der Waals surface area contributed by atoms with Crippen LogP contribution in [0.5, 0.6) is 0 Å². The SMILES string of the molecule is Nc1ncc(-c2cnn(C3CCCNC3)c2)nc1-c1nnnn1-c1cccc(F)c1F. The van der Waals surface area contributed by atoms with E-state index in [0.29, 0.717) is 5.69 Å². The molecule has 4 aromatic rings. The Morgan fingerprint density at radius 1 is 1.19 bits per heavy atom. The molecule has 158 valence electrons. The molecule has 1 aliphatic heterocycles. The Morgan fingerprint density at radius 3 is 2.94 bits per heavy atom. The van der Waals surface area contributed by atoms with Crippen molar-refractivity contribution in [2.24, 2.45) is 0 Å². The first-order valence-corrected chi connectivity index (χ1v) is 9.72. The average molecular weight is 424 g/mol. The fourth-order valence-electron chi connectivity index (χ4n) is 3.58. The van der Waals surface area contributed by atoms with E-state index < -0.39 is 11.6 Å². The van der Waals surface area contributed by atoms with Gasteiger partial charge in [-0.25, -0.2) is 18.7 Å². The van der Waals surface area contributed by atoms with E-state index in [0.717, 1.165) is 42.2 Å². The number of rotatable bonds is 4. The molecule has 1 aliphatic rings. The van der Waals surface area contributed by atoms with Gasteiger partial charge in [0.15, 0.2) is 23.1 Å². The van der Waals surface area contributed by atoms with Gasteiger partial charge < -0.3 is 11.1 Å². The standard InChI is InChI=1S/C19H18F2N10/c20-13-4-1-5-15(16(13)21)31-19(27-28-29-31)17-18(22)24-9-14(26-17)11-7-25-30(10-11)12-3-2-6-23-8-12/h1,4-5,7,9-10,12,23H,2-3,6,8H2,(H2,22,24). The topological polar surface area (TPSA) is 125 Å². The Balaban J connectivity index is 1.53. The quantitative estimate of drug-likeness (QED) is 0.508. The first kappa shape index (κ1) is 19.2. The molecule has 1 unspecified atom stereocenters. The largest absolute Gasteiger partial charge is 0.382 e. The van der Waals surface area contributed by atoms with Crippen molar-refractivity contribution in [3.05, 3.63) is 48.4 Å². The van der Waals surface area contributed by atoms with Crippen molar-refractivity contribution in [2.75, 3.05) is 18.8 Å². The van der Waals surface area contributed by atoms with Crippen molar-refractivity contribution in [2.45, 2.75) is 18.9 Å². The van der Waals surface area contributed by atoms with Crippen molar-refractivity contribution in [3.8, 4) is 28.5 Å². The van der Waals surface area contributed by atoms with Gasteiger partial charge in [-0.1, -0.05) is 6.07 Å². The predicted molar refractivity (Wildman–Crippen MR) is 107 cm³/mol. The van der Waals surface area contributed by atoms with E-state index in [-0.39, 0.29) is 29.1 Å². The van der Waals surface area contributed by atoms with E-state index in [1.165, 1.54) is 18.3 Å². The smallest absolute Gasteiger partial charge is 0.209 e. The minimum Gasteiger partial charge on any atom is -0.382 e. The van der Waals surface area contributed by atoms with Gasteiger partial charge in [0.05, 0.1) is 24.1 Å². The summed E-state index contributed by atoms with van der Waals surface area (Å²) in [4.78, 5) is 8.74. The zero-order chi connectivity index (χ0) is 21.4. The molecule has 4 heterocycles. The Labute approximate surface area is 175 Å². The third-order valence-electron chi connectivity index (χ3n) is 5.18. The van der Waals surface area contributed by atoms with Gasteiger partial charge in [0, 0.05) is 18.3 Å². The summed E-state index contributed by atoms with van der Waals surface area (Å²) in [5, 5.41) is 19.1. The summed E-state index contributed by atoms with van der Waals surface area (Å²) >= 11 is 0. The maximum Gasteiger partial charge on any atom is 0.209 e. The van der Waals surface area contributed by atoms with Crippen LogP contribution in [0.15, 0.2) is 36.8 Å². The Morgan fingerprint density at radius 2 is 2.10 bits per heavy atom. The molecule has 0 amide bonds. The highest BCUT2D eigenvalue weighted by molar-refractivity contribution is 5.69. The second-order valence-corrected chi connectivity index (χ2v) is 7.19. The van der Waals surface area contributed by atoms with Crippen LogP contribution in [0.3, 0.4) is 0 Å². The van der Waals surface area contributed by atoms with Gasteiger partial charge in [-0.15, -0.1) is 5.10 Å². The van der Waals surface area contributed by atoms with Crippen LogP contribution in [0, 0.1) is 11.6 Å². The summed E-state index contributed by atoms with van der Waals surface area (Å²) in [5.41, 5.74) is 7.26. The molecule has 0 spiro atoms. The van der Waals surface area contributed by atoms with Crippen molar-refractivity contribution < 1.29 is 8.78 Å².